The molecule has 2 aromatic rings. The quantitative estimate of drug-likeness (QED) is 0.792. The highest BCUT2D eigenvalue weighted by molar-refractivity contribution is 7.89. The molecule has 1 fully saturated rings. The van der Waals surface area contributed by atoms with Gasteiger partial charge in [-0.2, -0.15) is 4.31 Å². The minimum atomic E-state index is -3.59. The molecule has 0 N–H and O–H groups in total. The maximum atomic E-state index is 12.9. The minimum Gasteiger partial charge on any atom is -0.493 e. The standard InChI is InChI=1S/C16H21N3O5S/c1-12-10-16(17-24-12)18-6-8-19(9-7-18)25(20,21)13-4-5-14(22-2)15(11-13)23-3/h4-5,10-11H,6-9H2,1-3H3. The van der Waals surface area contributed by atoms with Crippen LogP contribution in [-0.4, -0.2) is 58.3 Å². The van der Waals surface area contributed by atoms with Crippen LogP contribution in [0.25, 0.3) is 0 Å². The Balaban J connectivity index is 1.75. The lowest BCUT2D eigenvalue weighted by atomic mass is 10.3. The molecule has 0 saturated carbocycles. The summed E-state index contributed by atoms with van der Waals surface area (Å²) in [6.45, 7) is 3.69. The van der Waals surface area contributed by atoms with Gasteiger partial charge in [-0.15, -0.1) is 0 Å². The number of hydrogen-bond acceptors (Lipinski definition) is 7. The summed E-state index contributed by atoms with van der Waals surface area (Å²) in [6, 6.07) is 6.46. The van der Waals surface area contributed by atoms with Crippen LogP contribution in [0.2, 0.25) is 0 Å². The van der Waals surface area contributed by atoms with Crippen molar-refractivity contribution in [3.05, 3.63) is 30.0 Å². The smallest absolute Gasteiger partial charge is 0.243 e. The van der Waals surface area contributed by atoms with Gasteiger partial charge in [-0.25, -0.2) is 8.42 Å². The summed E-state index contributed by atoms with van der Waals surface area (Å²) >= 11 is 0. The molecule has 0 spiro atoms. The summed E-state index contributed by atoms with van der Waals surface area (Å²) in [5.41, 5.74) is 0. The lowest BCUT2D eigenvalue weighted by molar-refractivity contribution is 0.352. The molecule has 8 nitrogen and oxygen atoms in total. The predicted octanol–water partition coefficient (Wildman–Crippen LogP) is 1.51. The number of sulfonamides is 1. The SMILES string of the molecule is COc1ccc(S(=O)(=O)N2CCN(c3cc(C)on3)CC2)cc1OC. The van der Waals surface area contributed by atoms with E-state index in [0.29, 0.717) is 37.7 Å². The normalized spacial score (nSPS) is 16.0. The first-order valence-electron chi connectivity index (χ1n) is 7.86. The van der Waals surface area contributed by atoms with Crippen LogP contribution < -0.4 is 14.4 Å². The van der Waals surface area contributed by atoms with E-state index in [1.165, 1.54) is 30.7 Å². The molecule has 0 unspecified atom stereocenters. The Morgan fingerprint density at radius 1 is 1.04 bits per heavy atom. The molecule has 2 heterocycles. The molecule has 1 aliphatic rings. The highest BCUT2D eigenvalue weighted by atomic mass is 32.2. The Morgan fingerprint density at radius 3 is 2.28 bits per heavy atom. The zero-order valence-electron chi connectivity index (χ0n) is 14.4. The van der Waals surface area contributed by atoms with E-state index in [1.54, 1.807) is 6.07 Å². The highest BCUT2D eigenvalue weighted by Gasteiger charge is 2.30. The molecule has 1 aromatic heterocycles. The van der Waals surface area contributed by atoms with Crippen molar-refractivity contribution in [2.24, 2.45) is 0 Å². The van der Waals surface area contributed by atoms with E-state index in [0.717, 1.165) is 11.6 Å². The van der Waals surface area contributed by atoms with Crippen LogP contribution in [0.4, 0.5) is 5.82 Å². The van der Waals surface area contributed by atoms with Crippen molar-refractivity contribution >= 4 is 15.8 Å². The molecule has 9 heteroatoms. The van der Waals surface area contributed by atoms with Crippen LogP contribution in [0, 0.1) is 6.92 Å². The third kappa shape index (κ3) is 3.42. The summed E-state index contributed by atoms with van der Waals surface area (Å²) in [5, 5.41) is 3.98. The number of methoxy groups -OCH3 is 2. The first kappa shape index (κ1) is 17.6. The van der Waals surface area contributed by atoms with Gasteiger partial charge in [0.25, 0.3) is 0 Å². The first-order valence-corrected chi connectivity index (χ1v) is 9.30. The van der Waals surface area contributed by atoms with Crippen LogP contribution >= 0.6 is 0 Å². The summed E-state index contributed by atoms with van der Waals surface area (Å²) in [7, 11) is -0.603. The van der Waals surface area contributed by atoms with Gasteiger partial charge in [-0.1, -0.05) is 5.16 Å². The van der Waals surface area contributed by atoms with Crippen LogP contribution in [0.15, 0.2) is 33.7 Å². The molecule has 0 aliphatic carbocycles. The van der Waals surface area contributed by atoms with Crippen LogP contribution in [-0.2, 0) is 10.0 Å². The number of rotatable bonds is 5. The van der Waals surface area contributed by atoms with Crippen molar-refractivity contribution < 1.29 is 22.4 Å². The Hall–Kier alpha value is -2.26. The lowest BCUT2D eigenvalue weighted by Crippen LogP contribution is -2.48. The van der Waals surface area contributed by atoms with E-state index in [-0.39, 0.29) is 4.90 Å². The molecule has 0 atom stereocenters. The van der Waals surface area contributed by atoms with Gasteiger partial charge in [0.2, 0.25) is 10.0 Å². The number of piperazine rings is 1. The number of nitrogens with zero attached hydrogens (tertiary/aromatic N) is 3. The molecule has 1 saturated heterocycles. The molecular weight excluding hydrogens is 346 g/mol. The van der Waals surface area contributed by atoms with E-state index < -0.39 is 10.0 Å². The fourth-order valence-corrected chi connectivity index (χ4v) is 4.22. The van der Waals surface area contributed by atoms with Crippen molar-refractivity contribution in [1.29, 1.82) is 0 Å². The number of ether oxygens (including phenoxy) is 2. The average molecular weight is 367 g/mol. The van der Waals surface area contributed by atoms with E-state index in [4.69, 9.17) is 14.0 Å². The topological polar surface area (TPSA) is 85.1 Å². The summed E-state index contributed by atoms with van der Waals surface area (Å²) in [4.78, 5) is 2.20. The third-order valence-electron chi connectivity index (χ3n) is 4.17. The molecule has 1 aliphatic heterocycles. The van der Waals surface area contributed by atoms with Gasteiger partial charge >= 0.3 is 0 Å². The summed E-state index contributed by atoms with van der Waals surface area (Å²) < 4.78 is 42.7. The summed E-state index contributed by atoms with van der Waals surface area (Å²) in [6.07, 6.45) is 0. The fourth-order valence-electron chi connectivity index (χ4n) is 2.79. The third-order valence-corrected chi connectivity index (χ3v) is 6.07. The number of anilines is 1. The van der Waals surface area contributed by atoms with Crippen molar-refractivity contribution in [3.63, 3.8) is 0 Å². The Labute approximate surface area is 147 Å². The number of aromatic nitrogens is 1. The second-order valence-electron chi connectivity index (χ2n) is 5.70. The van der Waals surface area contributed by atoms with Gasteiger partial charge < -0.3 is 18.9 Å². The summed E-state index contributed by atoms with van der Waals surface area (Å²) in [5.74, 6) is 2.35. The van der Waals surface area contributed by atoms with E-state index in [9.17, 15) is 8.42 Å². The van der Waals surface area contributed by atoms with Crippen molar-refractivity contribution in [2.45, 2.75) is 11.8 Å². The molecule has 0 bridgehead atoms. The largest absolute Gasteiger partial charge is 0.493 e. The number of aryl methyl sites for hydroxylation is 1. The van der Waals surface area contributed by atoms with Crippen LogP contribution in [0.5, 0.6) is 11.5 Å². The lowest BCUT2D eigenvalue weighted by Gasteiger charge is -2.33. The maximum Gasteiger partial charge on any atom is 0.243 e. The Kier molecular flexibility index (Phi) is 4.87. The van der Waals surface area contributed by atoms with E-state index >= 15 is 0 Å². The number of benzene rings is 1. The van der Waals surface area contributed by atoms with Gasteiger partial charge in [0, 0.05) is 38.3 Å². The molecule has 3 rings (SSSR count). The van der Waals surface area contributed by atoms with E-state index in [2.05, 4.69) is 5.16 Å². The minimum absolute atomic E-state index is 0.191. The Morgan fingerprint density at radius 2 is 1.72 bits per heavy atom. The van der Waals surface area contributed by atoms with E-state index in [1.807, 2.05) is 17.9 Å². The maximum absolute atomic E-state index is 12.9. The predicted molar refractivity (Wildman–Crippen MR) is 91.8 cm³/mol. The zero-order valence-corrected chi connectivity index (χ0v) is 15.2. The van der Waals surface area contributed by atoms with Crippen LogP contribution in [0.3, 0.4) is 0 Å². The van der Waals surface area contributed by atoms with Crippen molar-refractivity contribution in [2.75, 3.05) is 45.3 Å². The van der Waals surface area contributed by atoms with Crippen molar-refractivity contribution in [3.8, 4) is 11.5 Å². The second-order valence-corrected chi connectivity index (χ2v) is 7.64. The van der Waals surface area contributed by atoms with Gasteiger partial charge in [-0.05, 0) is 19.1 Å². The van der Waals surface area contributed by atoms with Gasteiger partial charge in [-0.3, -0.25) is 0 Å². The van der Waals surface area contributed by atoms with Crippen molar-refractivity contribution in [1.82, 2.24) is 9.46 Å². The monoisotopic (exact) mass is 367 g/mol. The Bertz CT molecular complexity index is 841. The van der Waals surface area contributed by atoms with Crippen LogP contribution in [0.1, 0.15) is 5.76 Å². The number of hydrogen-bond donors (Lipinski definition) is 0. The second kappa shape index (κ2) is 6.93. The average Bonchev–Trinajstić information content (AvgIpc) is 3.07. The highest BCUT2D eigenvalue weighted by Crippen LogP contribution is 2.31. The van der Waals surface area contributed by atoms with Gasteiger partial charge in [0.15, 0.2) is 17.3 Å². The van der Waals surface area contributed by atoms with Gasteiger partial charge in [0.05, 0.1) is 19.1 Å². The zero-order chi connectivity index (χ0) is 18.0. The molecule has 25 heavy (non-hydrogen) atoms. The van der Waals surface area contributed by atoms with Gasteiger partial charge in [0.1, 0.15) is 5.76 Å². The molecule has 0 radical (unpaired) electrons. The molecular formula is C16H21N3O5S. The first-order chi connectivity index (χ1) is 12.0. The molecule has 136 valence electrons. The molecule has 0 amide bonds. The fraction of sp³-hybridized carbons (Fsp3) is 0.438. The molecule has 1 aromatic carbocycles.